The zero-order valence-electron chi connectivity index (χ0n) is 18.7. The van der Waals surface area contributed by atoms with Gasteiger partial charge in [-0.15, -0.1) is 0 Å². The number of pyridine rings is 1. The van der Waals surface area contributed by atoms with Gasteiger partial charge in [-0.05, 0) is 37.0 Å². The van der Waals surface area contributed by atoms with E-state index in [1.54, 1.807) is 26.2 Å². The lowest BCUT2D eigenvalue weighted by Crippen LogP contribution is -2.63. The van der Waals surface area contributed by atoms with Crippen molar-refractivity contribution in [1.82, 2.24) is 20.4 Å². The molecular formula is C24H30N4O3. The third kappa shape index (κ3) is 3.67. The minimum absolute atomic E-state index is 0.127. The van der Waals surface area contributed by atoms with Gasteiger partial charge in [0.2, 0.25) is 5.82 Å². The molecule has 1 aromatic carbocycles. The normalized spacial score (nSPS) is 17.9. The lowest BCUT2D eigenvalue weighted by molar-refractivity contribution is -0.0769. The molecule has 0 saturated carbocycles. The maximum Gasteiger partial charge on any atom is 0.258 e. The van der Waals surface area contributed by atoms with Crippen LogP contribution >= 0.6 is 0 Å². The van der Waals surface area contributed by atoms with E-state index in [9.17, 15) is 10.2 Å². The van der Waals surface area contributed by atoms with Crippen LogP contribution in [-0.4, -0.2) is 38.4 Å². The molecule has 1 saturated heterocycles. The van der Waals surface area contributed by atoms with E-state index in [0.717, 1.165) is 5.56 Å². The Kier molecular flexibility index (Phi) is 5.24. The molecule has 2 aromatic heterocycles. The summed E-state index contributed by atoms with van der Waals surface area (Å²) in [6, 6.07) is 10.0. The fraction of sp³-hybridized carbons (Fsp3) is 0.458. The van der Waals surface area contributed by atoms with Gasteiger partial charge in [-0.25, -0.2) is 0 Å². The molecule has 7 heteroatoms. The van der Waals surface area contributed by atoms with E-state index in [1.807, 2.05) is 18.2 Å². The van der Waals surface area contributed by atoms with Crippen LogP contribution in [0.4, 0.5) is 0 Å². The summed E-state index contributed by atoms with van der Waals surface area (Å²) in [7, 11) is 0. The van der Waals surface area contributed by atoms with Crippen LogP contribution in [0.1, 0.15) is 63.1 Å². The molecule has 1 fully saturated rings. The number of aromatic nitrogens is 3. The van der Waals surface area contributed by atoms with Gasteiger partial charge < -0.3 is 20.1 Å². The predicted molar refractivity (Wildman–Crippen MR) is 117 cm³/mol. The topological polar surface area (TPSA) is 104 Å². The Hall–Kier alpha value is -2.61. The first kappa shape index (κ1) is 21.6. The average molecular weight is 423 g/mol. The molecule has 3 aromatic rings. The van der Waals surface area contributed by atoms with Crippen LogP contribution in [0.15, 0.2) is 47.2 Å². The predicted octanol–water partition coefficient (Wildman–Crippen LogP) is 3.33. The fourth-order valence-corrected chi connectivity index (χ4v) is 4.08. The van der Waals surface area contributed by atoms with Crippen LogP contribution < -0.4 is 5.32 Å². The van der Waals surface area contributed by atoms with E-state index in [-0.39, 0.29) is 5.89 Å². The maximum atomic E-state index is 12.2. The van der Waals surface area contributed by atoms with Crippen molar-refractivity contribution in [2.45, 2.75) is 51.7 Å². The summed E-state index contributed by atoms with van der Waals surface area (Å²) in [5, 5.41) is 29.6. The van der Waals surface area contributed by atoms with Crippen LogP contribution in [0, 0.1) is 5.41 Å². The molecule has 0 spiro atoms. The van der Waals surface area contributed by atoms with Gasteiger partial charge in [0.15, 0.2) is 0 Å². The number of hydrogen-bond donors (Lipinski definition) is 3. The summed E-state index contributed by atoms with van der Waals surface area (Å²) in [6.07, 6.45) is 3.33. The first-order valence-corrected chi connectivity index (χ1v) is 10.6. The van der Waals surface area contributed by atoms with Gasteiger partial charge in [0, 0.05) is 42.0 Å². The number of aliphatic hydroxyl groups is 2. The number of benzene rings is 1. The molecule has 4 rings (SSSR count). The monoisotopic (exact) mass is 422 g/mol. The van der Waals surface area contributed by atoms with E-state index in [1.165, 1.54) is 5.56 Å². The molecule has 3 N–H and O–H groups in total. The summed E-state index contributed by atoms with van der Waals surface area (Å²) in [4.78, 5) is 8.69. The second kappa shape index (κ2) is 7.51. The van der Waals surface area contributed by atoms with E-state index >= 15 is 0 Å². The van der Waals surface area contributed by atoms with Crippen molar-refractivity contribution in [1.29, 1.82) is 0 Å². The van der Waals surface area contributed by atoms with Gasteiger partial charge >= 0.3 is 0 Å². The molecule has 31 heavy (non-hydrogen) atoms. The standard InChI is InChI=1S/C24H30N4O3/c1-15(2)16-6-8-18(9-7-16)24(30,23(5)13-26-14-23)19-10-17(11-25-12-19)20-27-21(31-28-20)22(3,4)29/h6-12,15,26,29-30H,13-14H2,1-5H3/t24-/m0/s1. The molecule has 0 amide bonds. The van der Waals surface area contributed by atoms with Crippen LogP contribution in [0.25, 0.3) is 11.4 Å². The molecule has 164 valence electrons. The van der Waals surface area contributed by atoms with Crippen molar-refractivity contribution in [3.05, 3.63) is 65.3 Å². The largest absolute Gasteiger partial charge is 0.381 e. The minimum atomic E-state index is -1.25. The van der Waals surface area contributed by atoms with Gasteiger partial charge in [0.25, 0.3) is 5.89 Å². The SMILES string of the molecule is CC(C)c1ccc([C@](O)(c2cncc(-c3noc(C(C)(C)O)n3)c2)C2(C)CNC2)cc1. The molecule has 0 bridgehead atoms. The first-order chi connectivity index (χ1) is 14.5. The number of nitrogens with zero attached hydrogens (tertiary/aromatic N) is 3. The molecule has 1 aliphatic heterocycles. The van der Waals surface area contributed by atoms with Gasteiger partial charge in [0.1, 0.15) is 11.2 Å². The molecule has 1 atom stereocenters. The average Bonchev–Trinajstić information content (AvgIpc) is 3.22. The van der Waals surface area contributed by atoms with Crippen molar-refractivity contribution >= 4 is 0 Å². The minimum Gasteiger partial charge on any atom is -0.381 e. The third-order valence-corrected chi connectivity index (χ3v) is 6.26. The number of nitrogens with one attached hydrogen (secondary N) is 1. The third-order valence-electron chi connectivity index (χ3n) is 6.26. The second-order valence-electron chi connectivity index (χ2n) is 9.60. The van der Waals surface area contributed by atoms with Crippen LogP contribution in [0.5, 0.6) is 0 Å². The Morgan fingerprint density at radius 3 is 2.26 bits per heavy atom. The van der Waals surface area contributed by atoms with Crippen molar-refractivity contribution < 1.29 is 14.7 Å². The highest BCUT2D eigenvalue weighted by atomic mass is 16.5. The number of hydrogen-bond acceptors (Lipinski definition) is 7. The van der Waals surface area contributed by atoms with E-state index in [4.69, 9.17) is 4.52 Å². The summed E-state index contributed by atoms with van der Waals surface area (Å²) in [5.74, 6) is 0.861. The van der Waals surface area contributed by atoms with Gasteiger partial charge in [-0.3, -0.25) is 4.98 Å². The summed E-state index contributed by atoms with van der Waals surface area (Å²) in [5.41, 5.74) is 0.443. The Balaban J connectivity index is 1.80. The highest BCUT2D eigenvalue weighted by Gasteiger charge is 2.53. The maximum absolute atomic E-state index is 12.2. The molecule has 0 radical (unpaired) electrons. The summed E-state index contributed by atoms with van der Waals surface area (Å²) >= 11 is 0. The molecule has 3 heterocycles. The number of rotatable bonds is 6. The Morgan fingerprint density at radius 1 is 1.06 bits per heavy atom. The van der Waals surface area contributed by atoms with E-state index < -0.39 is 16.6 Å². The van der Waals surface area contributed by atoms with Crippen LogP contribution in [0.2, 0.25) is 0 Å². The van der Waals surface area contributed by atoms with Crippen LogP contribution in [-0.2, 0) is 11.2 Å². The highest BCUT2D eigenvalue weighted by Crippen LogP contribution is 2.48. The lowest BCUT2D eigenvalue weighted by Gasteiger charge is -2.52. The quantitative estimate of drug-likeness (QED) is 0.560. The smallest absolute Gasteiger partial charge is 0.258 e. The van der Waals surface area contributed by atoms with Crippen LogP contribution in [0.3, 0.4) is 0 Å². The second-order valence-corrected chi connectivity index (χ2v) is 9.60. The van der Waals surface area contributed by atoms with Gasteiger partial charge in [-0.1, -0.05) is 50.2 Å². The molecular weight excluding hydrogens is 392 g/mol. The van der Waals surface area contributed by atoms with Crippen molar-refractivity contribution in [3.8, 4) is 11.4 Å². The van der Waals surface area contributed by atoms with Crippen molar-refractivity contribution in [3.63, 3.8) is 0 Å². The molecule has 7 nitrogen and oxygen atoms in total. The first-order valence-electron chi connectivity index (χ1n) is 10.6. The molecule has 1 aliphatic rings. The summed E-state index contributed by atoms with van der Waals surface area (Å²) < 4.78 is 5.22. The molecule has 0 aliphatic carbocycles. The molecule has 0 unspecified atom stereocenters. The zero-order chi connectivity index (χ0) is 22.4. The van der Waals surface area contributed by atoms with Gasteiger partial charge in [0.05, 0.1) is 0 Å². The van der Waals surface area contributed by atoms with Crippen molar-refractivity contribution in [2.24, 2.45) is 5.41 Å². The Morgan fingerprint density at radius 2 is 1.74 bits per heavy atom. The highest BCUT2D eigenvalue weighted by molar-refractivity contribution is 5.56. The van der Waals surface area contributed by atoms with Gasteiger partial charge in [-0.2, -0.15) is 4.98 Å². The Labute approximate surface area is 182 Å². The summed E-state index contributed by atoms with van der Waals surface area (Å²) in [6.45, 7) is 10.9. The lowest BCUT2D eigenvalue weighted by atomic mass is 9.63. The fourth-order valence-electron chi connectivity index (χ4n) is 4.08. The van der Waals surface area contributed by atoms with E-state index in [0.29, 0.717) is 36.0 Å². The van der Waals surface area contributed by atoms with Crippen molar-refractivity contribution in [2.75, 3.05) is 13.1 Å². The Bertz CT molecular complexity index is 1060. The zero-order valence-corrected chi connectivity index (χ0v) is 18.7. The van der Waals surface area contributed by atoms with E-state index in [2.05, 4.69) is 53.3 Å².